The molecule has 0 aliphatic carbocycles. The first kappa shape index (κ1) is 16.8. The van der Waals surface area contributed by atoms with E-state index < -0.39 is 0 Å². The van der Waals surface area contributed by atoms with Gasteiger partial charge in [0.1, 0.15) is 5.75 Å². The zero-order valence-corrected chi connectivity index (χ0v) is 14.0. The van der Waals surface area contributed by atoms with Crippen LogP contribution < -0.4 is 10.2 Å². The number of hydrogen-bond acceptors (Lipinski definition) is 3. The highest BCUT2D eigenvalue weighted by atomic mass is 79.9. The predicted octanol–water partition coefficient (Wildman–Crippen LogP) is 3.56. The van der Waals surface area contributed by atoms with Gasteiger partial charge in [0.15, 0.2) is 0 Å². The van der Waals surface area contributed by atoms with Crippen LogP contribution in [0.2, 0.25) is 0 Å². The monoisotopic (exact) mass is 374 g/mol. The number of carbonyl (C=O) groups excluding carboxylic acids is 2. The molecule has 2 aromatic rings. The summed E-state index contributed by atoms with van der Waals surface area (Å²) in [7, 11) is 1.63. The molecule has 2 rings (SSSR count). The molecule has 0 saturated carbocycles. The van der Waals surface area contributed by atoms with Gasteiger partial charge in [0.2, 0.25) is 5.91 Å². The van der Waals surface area contributed by atoms with Crippen molar-refractivity contribution in [2.75, 3.05) is 17.3 Å². The Morgan fingerprint density at radius 1 is 1.22 bits per heavy atom. The number of benzene rings is 2. The predicted molar refractivity (Wildman–Crippen MR) is 93.8 cm³/mol. The molecule has 0 saturated heterocycles. The number of amides is 2. The number of phenolic OH excluding ortho intramolecular Hbond substituents is 1. The van der Waals surface area contributed by atoms with Crippen LogP contribution in [0.1, 0.15) is 10.4 Å². The summed E-state index contributed by atoms with van der Waals surface area (Å²) in [5.74, 6) is -0.505. The highest BCUT2D eigenvalue weighted by Crippen LogP contribution is 2.31. The normalized spacial score (nSPS) is 10.0. The van der Waals surface area contributed by atoms with Crippen molar-refractivity contribution in [2.45, 2.75) is 0 Å². The molecular formula is C17H15BrN2O3. The van der Waals surface area contributed by atoms with E-state index in [1.807, 2.05) is 0 Å². The number of likely N-dealkylation sites (N-methyl/N-ethyl adjacent to an activating group) is 1. The highest BCUT2D eigenvalue weighted by Gasteiger charge is 2.12. The molecule has 0 atom stereocenters. The van der Waals surface area contributed by atoms with Crippen molar-refractivity contribution in [3.8, 4) is 5.75 Å². The zero-order valence-electron chi connectivity index (χ0n) is 12.4. The van der Waals surface area contributed by atoms with Gasteiger partial charge in [-0.05, 0) is 58.4 Å². The maximum absolute atomic E-state index is 12.2. The Balaban J connectivity index is 2.16. The minimum Gasteiger partial charge on any atom is -0.507 e. The maximum atomic E-state index is 12.2. The van der Waals surface area contributed by atoms with Gasteiger partial charge in [0.25, 0.3) is 5.91 Å². The van der Waals surface area contributed by atoms with E-state index in [-0.39, 0.29) is 17.6 Å². The van der Waals surface area contributed by atoms with E-state index in [4.69, 9.17) is 0 Å². The molecule has 118 valence electrons. The van der Waals surface area contributed by atoms with Gasteiger partial charge in [-0.1, -0.05) is 12.6 Å². The number of rotatable bonds is 4. The second-order valence-corrected chi connectivity index (χ2v) is 5.53. The van der Waals surface area contributed by atoms with Gasteiger partial charge in [0.05, 0.1) is 10.2 Å². The van der Waals surface area contributed by atoms with Crippen LogP contribution in [0.5, 0.6) is 5.75 Å². The summed E-state index contributed by atoms with van der Waals surface area (Å²) in [5.41, 5.74) is 1.56. The van der Waals surface area contributed by atoms with E-state index in [0.29, 0.717) is 21.4 Å². The third-order valence-corrected chi connectivity index (χ3v) is 4.08. The standard InChI is InChI=1S/C17H15BrN2O3/c1-3-15(22)20(2)12-9-7-11(8-10-12)17(23)19-13-5-4-6-14(21)16(13)18/h3-10,21H,1H2,2H3,(H,19,23). The number of carbonyl (C=O) groups is 2. The van der Waals surface area contributed by atoms with Crippen LogP contribution in [-0.2, 0) is 4.79 Å². The summed E-state index contributed by atoms with van der Waals surface area (Å²) < 4.78 is 0.418. The molecule has 23 heavy (non-hydrogen) atoms. The highest BCUT2D eigenvalue weighted by molar-refractivity contribution is 9.10. The Bertz CT molecular complexity index is 757. The Hall–Kier alpha value is -2.60. The summed E-state index contributed by atoms with van der Waals surface area (Å²) >= 11 is 3.22. The van der Waals surface area contributed by atoms with Crippen molar-refractivity contribution in [1.82, 2.24) is 0 Å². The fourth-order valence-corrected chi connectivity index (χ4v) is 2.27. The van der Waals surface area contributed by atoms with Crippen molar-refractivity contribution < 1.29 is 14.7 Å². The third-order valence-electron chi connectivity index (χ3n) is 3.25. The Morgan fingerprint density at radius 2 is 1.87 bits per heavy atom. The third kappa shape index (κ3) is 3.78. The molecule has 6 heteroatoms. The smallest absolute Gasteiger partial charge is 0.255 e. The SMILES string of the molecule is C=CC(=O)N(C)c1ccc(C(=O)Nc2cccc(O)c2Br)cc1. The molecule has 0 aliphatic rings. The van der Waals surface area contributed by atoms with Gasteiger partial charge in [-0.15, -0.1) is 0 Å². The van der Waals surface area contributed by atoms with Crippen LogP contribution in [-0.4, -0.2) is 24.0 Å². The topological polar surface area (TPSA) is 69.6 Å². The first-order chi connectivity index (χ1) is 10.9. The Morgan fingerprint density at radius 3 is 2.48 bits per heavy atom. The number of nitrogens with zero attached hydrogens (tertiary/aromatic N) is 1. The van der Waals surface area contributed by atoms with Gasteiger partial charge in [0, 0.05) is 18.3 Å². The van der Waals surface area contributed by atoms with Gasteiger partial charge in [-0.25, -0.2) is 0 Å². The molecule has 0 heterocycles. The molecule has 5 nitrogen and oxygen atoms in total. The molecule has 0 unspecified atom stereocenters. The first-order valence-electron chi connectivity index (χ1n) is 6.73. The van der Waals surface area contributed by atoms with Gasteiger partial charge in [-0.3, -0.25) is 9.59 Å². The van der Waals surface area contributed by atoms with Crippen LogP contribution in [0.3, 0.4) is 0 Å². The second-order valence-electron chi connectivity index (χ2n) is 4.74. The van der Waals surface area contributed by atoms with Gasteiger partial charge < -0.3 is 15.3 Å². The van der Waals surface area contributed by atoms with Crippen molar-refractivity contribution in [3.63, 3.8) is 0 Å². The summed E-state index contributed by atoms with van der Waals surface area (Å²) in [6, 6.07) is 11.4. The molecule has 0 spiro atoms. The summed E-state index contributed by atoms with van der Waals surface area (Å²) in [6.07, 6.45) is 1.22. The fraction of sp³-hybridized carbons (Fsp3) is 0.0588. The van der Waals surface area contributed by atoms with E-state index in [1.165, 1.54) is 17.0 Å². The summed E-state index contributed by atoms with van der Waals surface area (Å²) in [4.78, 5) is 25.2. The molecule has 0 bridgehead atoms. The summed E-state index contributed by atoms with van der Waals surface area (Å²) in [5, 5.41) is 12.3. The number of hydrogen-bond donors (Lipinski definition) is 2. The van der Waals surface area contributed by atoms with Crippen molar-refractivity contribution in [1.29, 1.82) is 0 Å². The molecule has 0 aliphatic heterocycles. The second kappa shape index (κ2) is 7.11. The van der Waals surface area contributed by atoms with Crippen LogP contribution in [0, 0.1) is 0 Å². The van der Waals surface area contributed by atoms with E-state index in [0.717, 1.165) is 0 Å². The number of aromatic hydroxyl groups is 1. The Labute approximate surface area is 142 Å². The Kier molecular flexibility index (Phi) is 5.18. The molecular weight excluding hydrogens is 360 g/mol. The van der Waals surface area contributed by atoms with Crippen LogP contribution in [0.15, 0.2) is 59.6 Å². The van der Waals surface area contributed by atoms with Crippen LogP contribution in [0.25, 0.3) is 0 Å². The van der Waals surface area contributed by atoms with E-state index >= 15 is 0 Å². The molecule has 0 fully saturated rings. The molecule has 2 aromatic carbocycles. The number of anilines is 2. The largest absolute Gasteiger partial charge is 0.507 e. The average molecular weight is 375 g/mol. The first-order valence-corrected chi connectivity index (χ1v) is 7.52. The van der Waals surface area contributed by atoms with Gasteiger partial charge in [-0.2, -0.15) is 0 Å². The quantitative estimate of drug-likeness (QED) is 0.803. The minimum absolute atomic E-state index is 0.0442. The molecule has 2 amide bonds. The lowest BCUT2D eigenvalue weighted by atomic mass is 10.1. The maximum Gasteiger partial charge on any atom is 0.255 e. The summed E-state index contributed by atoms with van der Waals surface area (Å²) in [6.45, 7) is 3.43. The van der Waals surface area contributed by atoms with Crippen LogP contribution >= 0.6 is 15.9 Å². The van der Waals surface area contributed by atoms with Crippen LogP contribution in [0.4, 0.5) is 11.4 Å². The lowest BCUT2D eigenvalue weighted by Gasteiger charge is -2.15. The fourth-order valence-electron chi connectivity index (χ4n) is 1.91. The van der Waals surface area contributed by atoms with Crippen molar-refractivity contribution in [2.24, 2.45) is 0 Å². The number of nitrogens with one attached hydrogen (secondary N) is 1. The molecule has 0 radical (unpaired) electrons. The van der Waals surface area contributed by atoms with E-state index in [9.17, 15) is 14.7 Å². The number of halogens is 1. The van der Waals surface area contributed by atoms with E-state index in [1.54, 1.807) is 43.4 Å². The van der Waals surface area contributed by atoms with Crippen molar-refractivity contribution >= 4 is 39.1 Å². The minimum atomic E-state index is -0.319. The average Bonchev–Trinajstić information content (AvgIpc) is 2.57. The van der Waals surface area contributed by atoms with Crippen molar-refractivity contribution in [3.05, 3.63) is 65.2 Å². The zero-order chi connectivity index (χ0) is 17.0. The van der Waals surface area contributed by atoms with Gasteiger partial charge >= 0.3 is 0 Å². The van der Waals surface area contributed by atoms with E-state index in [2.05, 4.69) is 27.8 Å². The lowest BCUT2D eigenvalue weighted by molar-refractivity contribution is -0.113. The molecule has 0 aromatic heterocycles. The number of phenols is 1. The lowest BCUT2D eigenvalue weighted by Crippen LogP contribution is -2.23. The molecule has 2 N–H and O–H groups in total.